The molecule has 25 heavy (non-hydrogen) atoms. The minimum absolute atomic E-state index is 0.289. The first-order valence-electron chi connectivity index (χ1n) is 8.30. The van der Waals surface area contributed by atoms with Gasteiger partial charge in [0.15, 0.2) is 6.04 Å². The highest BCUT2D eigenvalue weighted by Crippen LogP contribution is 2.21. The molecule has 0 saturated heterocycles. The van der Waals surface area contributed by atoms with Gasteiger partial charge in [-0.25, -0.2) is 9.18 Å². The number of imide groups is 1. The highest BCUT2D eigenvalue weighted by molar-refractivity contribution is 5.96. The molecule has 2 atom stereocenters. The van der Waals surface area contributed by atoms with Crippen molar-refractivity contribution in [1.29, 1.82) is 0 Å². The third-order valence-corrected chi connectivity index (χ3v) is 4.44. The van der Waals surface area contributed by atoms with Crippen molar-refractivity contribution < 1.29 is 18.9 Å². The molecule has 0 bridgehead atoms. The fourth-order valence-electron chi connectivity index (χ4n) is 3.15. The van der Waals surface area contributed by atoms with E-state index >= 15 is 0 Å². The lowest BCUT2D eigenvalue weighted by Crippen LogP contribution is -3.13. The van der Waals surface area contributed by atoms with Crippen molar-refractivity contribution in [3.8, 4) is 0 Å². The molecule has 2 aromatic carbocycles. The molecule has 1 unspecified atom stereocenters. The van der Waals surface area contributed by atoms with Crippen LogP contribution in [0.5, 0.6) is 0 Å². The fraction of sp³-hybridized carbons (Fsp3) is 0.263. The summed E-state index contributed by atoms with van der Waals surface area (Å²) in [6.45, 7) is 0.566. The molecule has 0 radical (unpaired) electrons. The van der Waals surface area contributed by atoms with E-state index in [1.807, 2.05) is 30.3 Å². The van der Waals surface area contributed by atoms with E-state index in [4.69, 9.17) is 5.73 Å². The lowest BCUT2D eigenvalue weighted by Gasteiger charge is -2.28. The van der Waals surface area contributed by atoms with Crippen molar-refractivity contribution >= 4 is 11.9 Å². The van der Waals surface area contributed by atoms with Gasteiger partial charge in [0.05, 0.1) is 6.04 Å². The van der Waals surface area contributed by atoms with E-state index in [-0.39, 0.29) is 5.82 Å². The van der Waals surface area contributed by atoms with Gasteiger partial charge in [0.25, 0.3) is 5.91 Å². The second-order valence-corrected chi connectivity index (χ2v) is 6.35. The number of amides is 3. The number of hydrogen-bond acceptors (Lipinski definition) is 2. The summed E-state index contributed by atoms with van der Waals surface area (Å²) in [7, 11) is 0. The maximum absolute atomic E-state index is 13.2. The van der Waals surface area contributed by atoms with Gasteiger partial charge in [-0.15, -0.1) is 0 Å². The van der Waals surface area contributed by atoms with E-state index in [1.165, 1.54) is 12.1 Å². The van der Waals surface area contributed by atoms with E-state index in [0.717, 1.165) is 28.9 Å². The van der Waals surface area contributed by atoms with Crippen LogP contribution in [0.4, 0.5) is 9.18 Å². The predicted molar refractivity (Wildman–Crippen MR) is 91.0 cm³/mol. The van der Waals surface area contributed by atoms with Gasteiger partial charge in [0.1, 0.15) is 12.4 Å². The van der Waals surface area contributed by atoms with E-state index in [0.29, 0.717) is 12.6 Å². The molecule has 0 spiro atoms. The summed E-state index contributed by atoms with van der Waals surface area (Å²) in [5, 5.41) is 2.22. The van der Waals surface area contributed by atoms with Crippen LogP contribution in [0, 0.1) is 5.82 Å². The first-order chi connectivity index (χ1) is 12.0. The Hall–Kier alpha value is -2.73. The molecule has 0 aromatic heterocycles. The van der Waals surface area contributed by atoms with Crippen LogP contribution in [-0.2, 0) is 11.3 Å². The quantitative estimate of drug-likeness (QED) is 0.740. The normalized spacial score (nSPS) is 16.0. The van der Waals surface area contributed by atoms with E-state index in [9.17, 15) is 14.0 Å². The second-order valence-electron chi connectivity index (χ2n) is 6.35. The van der Waals surface area contributed by atoms with Crippen molar-refractivity contribution in [1.82, 2.24) is 5.32 Å². The van der Waals surface area contributed by atoms with Crippen LogP contribution in [0.25, 0.3) is 0 Å². The third-order valence-electron chi connectivity index (χ3n) is 4.44. The number of nitrogens with one attached hydrogen (secondary N) is 2. The summed E-state index contributed by atoms with van der Waals surface area (Å²) >= 11 is 0. The van der Waals surface area contributed by atoms with Gasteiger partial charge >= 0.3 is 6.03 Å². The molecule has 3 rings (SSSR count). The zero-order valence-corrected chi connectivity index (χ0v) is 13.7. The first kappa shape index (κ1) is 17.1. The van der Waals surface area contributed by atoms with E-state index in [2.05, 4.69) is 5.32 Å². The lowest BCUT2D eigenvalue weighted by molar-refractivity contribution is -0.946. The molecule has 4 N–H and O–H groups in total. The molecule has 6 heteroatoms. The van der Waals surface area contributed by atoms with Crippen LogP contribution >= 0.6 is 0 Å². The molecule has 5 nitrogen and oxygen atoms in total. The van der Waals surface area contributed by atoms with Crippen molar-refractivity contribution in [2.24, 2.45) is 5.73 Å². The zero-order chi connectivity index (χ0) is 17.8. The maximum Gasteiger partial charge on any atom is 0.319 e. The molecule has 1 aliphatic carbocycles. The minimum Gasteiger partial charge on any atom is -0.351 e. The van der Waals surface area contributed by atoms with Crippen LogP contribution in [0.15, 0.2) is 54.6 Å². The number of carbonyl (C=O) groups is 2. The number of rotatable bonds is 6. The molecule has 3 amide bonds. The number of halogens is 1. The molecular weight excluding hydrogens is 321 g/mol. The fourth-order valence-corrected chi connectivity index (χ4v) is 3.15. The van der Waals surface area contributed by atoms with Crippen LogP contribution in [-0.4, -0.2) is 18.0 Å². The van der Waals surface area contributed by atoms with Crippen LogP contribution in [0.3, 0.4) is 0 Å². The van der Waals surface area contributed by atoms with Crippen molar-refractivity contribution in [2.75, 3.05) is 0 Å². The molecule has 0 aliphatic heterocycles. The number of nitrogens with two attached hydrogens (primary N) is 1. The summed E-state index contributed by atoms with van der Waals surface area (Å²) in [6, 6.07) is 14.6. The van der Waals surface area contributed by atoms with Gasteiger partial charge in [0, 0.05) is 24.0 Å². The summed E-state index contributed by atoms with van der Waals surface area (Å²) in [6.07, 6.45) is 2.04. The van der Waals surface area contributed by atoms with Gasteiger partial charge in [0.2, 0.25) is 0 Å². The predicted octanol–water partition coefficient (Wildman–Crippen LogP) is 1.31. The zero-order valence-electron chi connectivity index (χ0n) is 13.7. The van der Waals surface area contributed by atoms with Crippen molar-refractivity contribution in [3.63, 3.8) is 0 Å². The number of benzene rings is 2. The summed E-state index contributed by atoms with van der Waals surface area (Å²) in [5.41, 5.74) is 6.91. The smallest absolute Gasteiger partial charge is 0.319 e. The highest BCUT2D eigenvalue weighted by Gasteiger charge is 2.42. The number of primary amides is 1. The summed E-state index contributed by atoms with van der Waals surface area (Å²) in [5.74, 6) is -0.703. The van der Waals surface area contributed by atoms with Crippen molar-refractivity contribution in [3.05, 3.63) is 71.5 Å². The van der Waals surface area contributed by atoms with Crippen LogP contribution < -0.4 is 16.0 Å². The van der Waals surface area contributed by atoms with Gasteiger partial charge < -0.3 is 10.6 Å². The SMILES string of the molecule is NC(=O)NC(=O)[C@H](c1ccccc1)[NH+](Cc1ccc(F)cc1)C1CC1. The number of quaternary nitrogens is 1. The van der Waals surface area contributed by atoms with Crippen molar-refractivity contribution in [2.45, 2.75) is 31.5 Å². The average Bonchev–Trinajstić information content (AvgIpc) is 3.41. The minimum atomic E-state index is -0.858. The number of hydrogen-bond donors (Lipinski definition) is 3. The topological polar surface area (TPSA) is 76.6 Å². The van der Waals surface area contributed by atoms with Gasteiger partial charge in [-0.05, 0) is 12.1 Å². The molecule has 0 heterocycles. The van der Waals surface area contributed by atoms with Gasteiger partial charge in [-0.3, -0.25) is 10.1 Å². The molecule has 1 fully saturated rings. The van der Waals surface area contributed by atoms with Crippen LogP contribution in [0.1, 0.15) is 30.0 Å². The standard InChI is InChI=1S/C19H20FN3O2/c20-15-8-6-13(7-9-15)12-23(16-10-11-16)17(18(24)22-19(21)25)14-4-2-1-3-5-14/h1-9,16-17H,10-12H2,(H3,21,22,24,25)/p+1/t17-/m0/s1. The van der Waals surface area contributed by atoms with Gasteiger partial charge in [-0.2, -0.15) is 0 Å². The molecular formula is C19H21FN3O2+. The number of urea groups is 1. The van der Waals surface area contributed by atoms with Gasteiger partial charge in [-0.1, -0.05) is 42.5 Å². The third kappa shape index (κ3) is 4.42. The summed E-state index contributed by atoms with van der Waals surface area (Å²) < 4.78 is 13.2. The highest BCUT2D eigenvalue weighted by atomic mass is 19.1. The second kappa shape index (κ2) is 7.44. The van der Waals surface area contributed by atoms with E-state index < -0.39 is 18.0 Å². The van der Waals surface area contributed by atoms with Crippen LogP contribution in [0.2, 0.25) is 0 Å². The molecule has 1 aliphatic rings. The average molecular weight is 342 g/mol. The monoisotopic (exact) mass is 342 g/mol. The largest absolute Gasteiger partial charge is 0.351 e. The Balaban J connectivity index is 1.91. The maximum atomic E-state index is 13.2. The first-order valence-corrected chi connectivity index (χ1v) is 8.30. The van der Waals surface area contributed by atoms with E-state index in [1.54, 1.807) is 12.1 Å². The molecule has 2 aromatic rings. The Bertz CT molecular complexity index is 745. The Morgan fingerprint density at radius 3 is 2.32 bits per heavy atom. The Kier molecular flexibility index (Phi) is 5.09. The molecule has 1 saturated carbocycles. The Labute approximate surface area is 145 Å². The molecule has 130 valence electrons. The Morgan fingerprint density at radius 2 is 1.76 bits per heavy atom. The summed E-state index contributed by atoms with van der Waals surface area (Å²) in [4.78, 5) is 24.9. The number of carbonyl (C=O) groups excluding carboxylic acids is 2. The Morgan fingerprint density at radius 1 is 1.12 bits per heavy atom. The lowest BCUT2D eigenvalue weighted by atomic mass is 10.0.